The molecule has 0 unspecified atom stereocenters. The van der Waals surface area contributed by atoms with Crippen LogP contribution in [-0.2, 0) is 0 Å². The lowest BCUT2D eigenvalue weighted by molar-refractivity contribution is 0.602. The van der Waals surface area contributed by atoms with E-state index in [1.807, 2.05) is 0 Å². The highest BCUT2D eigenvalue weighted by molar-refractivity contribution is 6.31. The Balaban J connectivity index is 2.86. The van der Waals surface area contributed by atoms with E-state index in [2.05, 4.69) is 6.26 Å². The number of rotatable bonds is 0. The van der Waals surface area contributed by atoms with Crippen LogP contribution in [0, 0.1) is 12.1 Å². The zero-order chi connectivity index (χ0) is 7.84. The highest BCUT2D eigenvalue weighted by Crippen LogP contribution is 2.22. The van der Waals surface area contributed by atoms with Gasteiger partial charge in [0.25, 0.3) is 0 Å². The van der Waals surface area contributed by atoms with E-state index in [1.54, 1.807) is 6.07 Å². The van der Waals surface area contributed by atoms with Crippen LogP contribution in [0.5, 0.6) is 0 Å². The molecule has 1 aromatic carbocycles. The fraction of sp³-hybridized carbons (Fsp3) is 0. The number of halogens is 2. The molecule has 1 heterocycles. The summed E-state index contributed by atoms with van der Waals surface area (Å²) in [7, 11) is 0. The van der Waals surface area contributed by atoms with Crippen molar-refractivity contribution < 1.29 is 8.81 Å². The van der Waals surface area contributed by atoms with Gasteiger partial charge in [0, 0.05) is 11.5 Å². The molecule has 0 saturated heterocycles. The predicted molar refractivity (Wildman–Crippen MR) is 40.0 cm³/mol. The number of benzene rings is 1. The maximum Gasteiger partial charge on any atom is 0.170 e. The number of hydrogen-bond acceptors (Lipinski definition) is 1. The summed E-state index contributed by atoms with van der Waals surface area (Å²) in [6, 6.07) is 4.31. The summed E-state index contributed by atoms with van der Waals surface area (Å²) in [6.07, 6.45) is 2.49. The van der Waals surface area contributed by atoms with Crippen LogP contribution in [-0.4, -0.2) is 0 Å². The third kappa shape index (κ3) is 0.994. The van der Waals surface area contributed by atoms with Crippen molar-refractivity contribution in [2.75, 3.05) is 0 Å². The lowest BCUT2D eigenvalue weighted by Crippen LogP contribution is -1.74. The van der Waals surface area contributed by atoms with Crippen molar-refractivity contribution in [1.29, 1.82) is 0 Å². The van der Waals surface area contributed by atoms with Gasteiger partial charge in [-0.2, -0.15) is 0 Å². The van der Waals surface area contributed by atoms with Crippen molar-refractivity contribution in [3.8, 4) is 0 Å². The maximum absolute atomic E-state index is 12.7. The van der Waals surface area contributed by atoms with Gasteiger partial charge >= 0.3 is 0 Å². The van der Waals surface area contributed by atoms with Gasteiger partial charge in [-0.25, -0.2) is 4.39 Å². The third-order valence-electron chi connectivity index (χ3n) is 1.44. The molecule has 2 aromatic rings. The van der Waals surface area contributed by atoms with Crippen LogP contribution in [0.15, 0.2) is 22.6 Å². The molecule has 1 aromatic heterocycles. The summed E-state index contributed by atoms with van der Waals surface area (Å²) >= 11 is 5.50. The molecule has 11 heavy (non-hydrogen) atoms. The minimum atomic E-state index is -0.436. The molecule has 0 aliphatic heterocycles. The first-order chi connectivity index (χ1) is 5.27. The summed E-state index contributed by atoms with van der Waals surface area (Å²) < 4.78 is 17.6. The Kier molecular flexibility index (Phi) is 1.36. The smallest absolute Gasteiger partial charge is 0.170 e. The Labute approximate surface area is 67.4 Å². The second kappa shape index (κ2) is 2.24. The molecule has 3 heteroatoms. The molecular weight excluding hydrogens is 167 g/mol. The van der Waals surface area contributed by atoms with Crippen molar-refractivity contribution in [2.45, 2.75) is 0 Å². The molecular formula is C8H3ClFO. The van der Waals surface area contributed by atoms with Crippen molar-refractivity contribution >= 4 is 22.6 Å². The molecule has 0 fully saturated rings. The molecule has 1 radical (unpaired) electrons. The summed E-state index contributed by atoms with van der Waals surface area (Å²) in [5.74, 6) is -0.436. The van der Waals surface area contributed by atoms with E-state index in [4.69, 9.17) is 16.0 Å². The van der Waals surface area contributed by atoms with Gasteiger partial charge in [-0.3, -0.25) is 0 Å². The molecule has 0 aliphatic carbocycles. The van der Waals surface area contributed by atoms with Crippen molar-refractivity contribution in [1.82, 2.24) is 0 Å². The highest BCUT2D eigenvalue weighted by atomic mass is 35.5. The van der Waals surface area contributed by atoms with E-state index < -0.39 is 5.82 Å². The van der Waals surface area contributed by atoms with Gasteiger partial charge in [-0.1, -0.05) is 11.6 Å². The largest absolute Gasteiger partial charge is 0.453 e. The van der Waals surface area contributed by atoms with E-state index in [0.29, 0.717) is 11.0 Å². The summed E-state index contributed by atoms with van der Waals surface area (Å²) in [5, 5.41) is 0.743. The van der Waals surface area contributed by atoms with Crippen molar-refractivity contribution in [3.05, 3.63) is 35.3 Å². The fourth-order valence-corrected chi connectivity index (χ4v) is 1.06. The van der Waals surface area contributed by atoms with E-state index >= 15 is 0 Å². The first-order valence-electron chi connectivity index (χ1n) is 3.02. The first-order valence-corrected chi connectivity index (χ1v) is 3.40. The van der Waals surface area contributed by atoms with Crippen LogP contribution in [0.1, 0.15) is 0 Å². The van der Waals surface area contributed by atoms with Crippen LogP contribution in [0.4, 0.5) is 4.39 Å². The second-order valence-corrected chi connectivity index (χ2v) is 2.58. The monoisotopic (exact) mass is 169 g/mol. The van der Waals surface area contributed by atoms with E-state index in [-0.39, 0.29) is 5.02 Å². The average Bonchev–Trinajstić information content (AvgIpc) is 2.36. The van der Waals surface area contributed by atoms with Gasteiger partial charge in [-0.15, -0.1) is 0 Å². The van der Waals surface area contributed by atoms with Crippen LogP contribution >= 0.6 is 11.6 Å². The van der Waals surface area contributed by atoms with Crippen LogP contribution in [0.25, 0.3) is 11.0 Å². The zero-order valence-corrected chi connectivity index (χ0v) is 6.15. The SMILES string of the molecule is Fc1cc2c[c]oc2cc1Cl. The van der Waals surface area contributed by atoms with Crippen LogP contribution in [0.2, 0.25) is 5.02 Å². The standard InChI is InChI=1S/C8H3ClFO/c9-6-4-8-5(1-2-11-8)3-7(6)10/h1,3-4H. The summed E-state index contributed by atoms with van der Waals surface area (Å²) in [4.78, 5) is 0. The number of fused-ring (bicyclic) bond motifs is 1. The normalized spacial score (nSPS) is 10.7. The lowest BCUT2D eigenvalue weighted by Gasteiger charge is -1.91. The van der Waals surface area contributed by atoms with Crippen molar-refractivity contribution in [2.24, 2.45) is 0 Å². The molecule has 0 bridgehead atoms. The van der Waals surface area contributed by atoms with E-state index in [9.17, 15) is 4.39 Å². The van der Waals surface area contributed by atoms with Gasteiger partial charge < -0.3 is 4.42 Å². The molecule has 0 N–H and O–H groups in total. The van der Waals surface area contributed by atoms with Gasteiger partial charge in [0.05, 0.1) is 5.02 Å². The van der Waals surface area contributed by atoms with Crippen molar-refractivity contribution in [3.63, 3.8) is 0 Å². The van der Waals surface area contributed by atoms with Crippen LogP contribution in [0.3, 0.4) is 0 Å². The van der Waals surface area contributed by atoms with Gasteiger partial charge in [0.1, 0.15) is 11.4 Å². The Hall–Kier alpha value is -1.02. The molecule has 0 spiro atoms. The molecule has 55 valence electrons. The molecule has 2 rings (SSSR count). The lowest BCUT2D eigenvalue weighted by atomic mass is 10.2. The first kappa shape index (κ1) is 6.68. The van der Waals surface area contributed by atoms with E-state index in [1.165, 1.54) is 12.1 Å². The predicted octanol–water partition coefficient (Wildman–Crippen LogP) is 3.03. The second-order valence-electron chi connectivity index (χ2n) is 2.17. The summed E-state index contributed by atoms with van der Waals surface area (Å²) in [5.41, 5.74) is 0.552. The van der Waals surface area contributed by atoms with Gasteiger partial charge in [0.2, 0.25) is 0 Å². The van der Waals surface area contributed by atoms with Crippen LogP contribution < -0.4 is 0 Å². The average molecular weight is 170 g/mol. The van der Waals surface area contributed by atoms with Gasteiger partial charge in [0.15, 0.2) is 6.26 Å². The highest BCUT2D eigenvalue weighted by Gasteiger charge is 2.03. The zero-order valence-electron chi connectivity index (χ0n) is 5.40. The molecule has 0 amide bonds. The minimum absolute atomic E-state index is 0.0702. The Morgan fingerprint density at radius 1 is 1.45 bits per heavy atom. The molecule has 1 nitrogen and oxygen atoms in total. The Bertz CT molecular complexity index is 358. The molecule has 0 atom stereocenters. The third-order valence-corrected chi connectivity index (χ3v) is 1.73. The topological polar surface area (TPSA) is 13.1 Å². The number of hydrogen-bond donors (Lipinski definition) is 0. The Morgan fingerprint density at radius 2 is 2.27 bits per heavy atom. The maximum atomic E-state index is 12.7. The molecule has 0 saturated carbocycles. The summed E-state index contributed by atoms with van der Waals surface area (Å²) in [6.45, 7) is 0. The minimum Gasteiger partial charge on any atom is -0.453 e. The number of furan rings is 1. The molecule has 0 aliphatic rings. The fourth-order valence-electron chi connectivity index (χ4n) is 0.902. The quantitative estimate of drug-likeness (QED) is 0.591. The Morgan fingerprint density at radius 3 is 3.09 bits per heavy atom. The van der Waals surface area contributed by atoms with E-state index in [0.717, 1.165) is 0 Å². The van der Waals surface area contributed by atoms with Gasteiger partial charge in [-0.05, 0) is 12.1 Å².